The van der Waals surface area contributed by atoms with Crippen LogP contribution < -0.4 is 10.6 Å². The molecule has 2 saturated heterocycles. The van der Waals surface area contributed by atoms with E-state index in [2.05, 4.69) is 24.0 Å². The fourth-order valence-electron chi connectivity index (χ4n) is 3.43. The van der Waals surface area contributed by atoms with Crippen LogP contribution in [-0.4, -0.2) is 43.5 Å². The van der Waals surface area contributed by atoms with Gasteiger partial charge in [0, 0.05) is 31.9 Å². The fraction of sp³-hybridized carbons (Fsp3) is 0.588. The maximum absolute atomic E-state index is 12.9. The number of likely N-dealkylation sites (tertiary alicyclic amines) is 1. The molecule has 1 aromatic carbocycles. The minimum absolute atomic E-state index is 0. The quantitative estimate of drug-likeness (QED) is 0.902. The van der Waals surface area contributed by atoms with Crippen LogP contribution in [0.2, 0.25) is 0 Å². The lowest BCUT2D eigenvalue weighted by Gasteiger charge is -2.24. The van der Waals surface area contributed by atoms with Gasteiger partial charge >= 0.3 is 0 Å². The number of hydrogen-bond acceptors (Lipinski definition) is 3. The summed E-state index contributed by atoms with van der Waals surface area (Å²) < 4.78 is 0. The molecule has 1 atom stereocenters. The molecular formula is C17H27Cl2N3O. The average Bonchev–Trinajstić information content (AvgIpc) is 3.17. The lowest BCUT2D eigenvalue weighted by molar-refractivity contribution is 0.0788. The van der Waals surface area contributed by atoms with Crippen LogP contribution in [0.15, 0.2) is 18.2 Å². The van der Waals surface area contributed by atoms with Crippen LogP contribution in [0.25, 0.3) is 0 Å². The van der Waals surface area contributed by atoms with Gasteiger partial charge < -0.3 is 15.5 Å². The Balaban J connectivity index is 0.00000132. The van der Waals surface area contributed by atoms with Crippen molar-refractivity contribution in [3.63, 3.8) is 0 Å². The summed E-state index contributed by atoms with van der Waals surface area (Å²) in [5, 5.41) is 0. The lowest BCUT2D eigenvalue weighted by Crippen LogP contribution is -2.32. The number of anilines is 1. The van der Waals surface area contributed by atoms with Gasteiger partial charge in [0.2, 0.25) is 0 Å². The Morgan fingerprint density at radius 1 is 1.22 bits per heavy atom. The zero-order valence-corrected chi connectivity index (χ0v) is 15.3. The third kappa shape index (κ3) is 4.31. The molecule has 3 rings (SSSR count). The molecule has 0 saturated carbocycles. The van der Waals surface area contributed by atoms with Crippen molar-refractivity contribution in [1.29, 1.82) is 0 Å². The molecule has 2 fully saturated rings. The van der Waals surface area contributed by atoms with Crippen LogP contribution in [0.4, 0.5) is 5.69 Å². The minimum atomic E-state index is 0. The van der Waals surface area contributed by atoms with Crippen molar-refractivity contribution < 1.29 is 4.79 Å². The van der Waals surface area contributed by atoms with Crippen molar-refractivity contribution in [2.75, 3.05) is 37.6 Å². The Kier molecular flexibility index (Phi) is 7.65. The monoisotopic (exact) mass is 359 g/mol. The van der Waals surface area contributed by atoms with Gasteiger partial charge in [-0.3, -0.25) is 4.79 Å². The predicted octanol–water partition coefficient (Wildman–Crippen LogP) is 2.86. The van der Waals surface area contributed by atoms with Crippen molar-refractivity contribution in [3.8, 4) is 0 Å². The van der Waals surface area contributed by atoms with E-state index in [-0.39, 0.29) is 30.7 Å². The van der Waals surface area contributed by atoms with Gasteiger partial charge in [0.15, 0.2) is 0 Å². The average molecular weight is 360 g/mol. The van der Waals surface area contributed by atoms with Crippen LogP contribution >= 0.6 is 24.8 Å². The molecule has 0 aliphatic carbocycles. The number of carbonyl (C=O) groups excluding carboxylic acids is 1. The third-order valence-electron chi connectivity index (χ3n) is 4.74. The topological polar surface area (TPSA) is 49.6 Å². The predicted molar refractivity (Wildman–Crippen MR) is 100 cm³/mol. The molecule has 0 radical (unpaired) electrons. The zero-order valence-electron chi connectivity index (χ0n) is 13.7. The standard InChI is InChI=1S/C17H25N3O.2ClH/c1-13-4-5-16(19-7-2-3-8-19)15(10-13)17(21)20-9-6-14(11-18)12-20;;/h4-5,10,14H,2-3,6-9,11-12,18H2,1H3;2*1H. The van der Waals surface area contributed by atoms with E-state index in [1.807, 2.05) is 11.0 Å². The van der Waals surface area contributed by atoms with E-state index < -0.39 is 0 Å². The van der Waals surface area contributed by atoms with E-state index in [1.54, 1.807) is 0 Å². The number of rotatable bonds is 3. The number of nitrogens with two attached hydrogens (primary N) is 1. The first-order chi connectivity index (χ1) is 10.2. The smallest absolute Gasteiger partial charge is 0.255 e. The van der Waals surface area contributed by atoms with Crippen LogP contribution in [0.5, 0.6) is 0 Å². The summed E-state index contributed by atoms with van der Waals surface area (Å²) in [5.41, 5.74) is 8.87. The molecular weight excluding hydrogens is 333 g/mol. The molecule has 4 nitrogen and oxygen atoms in total. The van der Waals surface area contributed by atoms with E-state index in [0.717, 1.165) is 49.4 Å². The molecule has 1 amide bonds. The van der Waals surface area contributed by atoms with Crippen molar-refractivity contribution in [3.05, 3.63) is 29.3 Å². The number of benzene rings is 1. The molecule has 2 aliphatic rings. The van der Waals surface area contributed by atoms with Crippen molar-refractivity contribution >= 4 is 36.4 Å². The van der Waals surface area contributed by atoms with Gasteiger partial charge in [0.05, 0.1) is 5.56 Å². The molecule has 130 valence electrons. The molecule has 2 N–H and O–H groups in total. The first-order valence-corrected chi connectivity index (χ1v) is 8.04. The maximum atomic E-state index is 12.9. The molecule has 1 aromatic rings. The fourth-order valence-corrected chi connectivity index (χ4v) is 3.43. The van der Waals surface area contributed by atoms with Gasteiger partial charge in [0.1, 0.15) is 0 Å². The molecule has 0 bridgehead atoms. The summed E-state index contributed by atoms with van der Waals surface area (Å²) in [6, 6.07) is 6.27. The number of amides is 1. The van der Waals surface area contributed by atoms with Gasteiger partial charge in [-0.25, -0.2) is 0 Å². The second-order valence-electron chi connectivity index (χ2n) is 6.36. The molecule has 2 aliphatic heterocycles. The van der Waals surface area contributed by atoms with Gasteiger partial charge in [-0.15, -0.1) is 24.8 Å². The first-order valence-electron chi connectivity index (χ1n) is 8.04. The van der Waals surface area contributed by atoms with E-state index in [1.165, 1.54) is 12.8 Å². The van der Waals surface area contributed by atoms with E-state index in [4.69, 9.17) is 5.73 Å². The lowest BCUT2D eigenvalue weighted by atomic mass is 10.1. The largest absolute Gasteiger partial charge is 0.371 e. The number of aryl methyl sites for hydroxylation is 1. The highest BCUT2D eigenvalue weighted by Crippen LogP contribution is 2.28. The second-order valence-corrected chi connectivity index (χ2v) is 6.36. The summed E-state index contributed by atoms with van der Waals surface area (Å²) in [5.74, 6) is 0.644. The van der Waals surface area contributed by atoms with Crippen molar-refractivity contribution in [2.45, 2.75) is 26.2 Å². The van der Waals surface area contributed by atoms with Crippen LogP contribution in [0.1, 0.15) is 35.2 Å². The second kappa shape index (κ2) is 8.76. The Morgan fingerprint density at radius 3 is 2.52 bits per heavy atom. The van der Waals surface area contributed by atoms with E-state index >= 15 is 0 Å². The maximum Gasteiger partial charge on any atom is 0.255 e. The Morgan fingerprint density at radius 2 is 1.91 bits per heavy atom. The van der Waals surface area contributed by atoms with Crippen LogP contribution in [-0.2, 0) is 0 Å². The summed E-state index contributed by atoms with van der Waals surface area (Å²) in [4.78, 5) is 17.2. The summed E-state index contributed by atoms with van der Waals surface area (Å²) in [7, 11) is 0. The van der Waals surface area contributed by atoms with E-state index in [9.17, 15) is 4.79 Å². The third-order valence-corrected chi connectivity index (χ3v) is 4.74. The van der Waals surface area contributed by atoms with Crippen LogP contribution in [0, 0.1) is 12.8 Å². The van der Waals surface area contributed by atoms with Gasteiger partial charge in [-0.1, -0.05) is 11.6 Å². The first kappa shape index (κ1) is 20.1. The Hall–Kier alpha value is -0.970. The Labute approximate surface area is 151 Å². The molecule has 23 heavy (non-hydrogen) atoms. The summed E-state index contributed by atoms with van der Waals surface area (Å²) in [6.07, 6.45) is 3.48. The number of hydrogen-bond donors (Lipinski definition) is 1. The number of nitrogens with zero attached hydrogens (tertiary/aromatic N) is 2. The van der Waals surface area contributed by atoms with Gasteiger partial charge in [-0.2, -0.15) is 0 Å². The summed E-state index contributed by atoms with van der Waals surface area (Å²) in [6.45, 7) is 6.51. The normalized spacial score (nSPS) is 20.2. The number of halogens is 2. The van der Waals surface area contributed by atoms with Gasteiger partial charge in [0.25, 0.3) is 5.91 Å². The SMILES string of the molecule is Cc1ccc(N2CCCC2)c(C(=O)N2CCC(CN)C2)c1.Cl.Cl. The molecule has 6 heteroatoms. The highest BCUT2D eigenvalue weighted by Gasteiger charge is 2.28. The molecule has 2 heterocycles. The van der Waals surface area contributed by atoms with Crippen molar-refractivity contribution in [1.82, 2.24) is 4.90 Å². The highest BCUT2D eigenvalue weighted by molar-refractivity contribution is 6.00. The van der Waals surface area contributed by atoms with Gasteiger partial charge in [-0.05, 0) is 50.8 Å². The molecule has 1 unspecified atom stereocenters. The highest BCUT2D eigenvalue weighted by atomic mass is 35.5. The Bertz CT molecular complexity index is 533. The van der Waals surface area contributed by atoms with E-state index in [0.29, 0.717) is 12.5 Å². The zero-order chi connectivity index (χ0) is 14.8. The molecule has 0 spiro atoms. The van der Waals surface area contributed by atoms with Crippen molar-refractivity contribution in [2.24, 2.45) is 11.7 Å². The minimum Gasteiger partial charge on any atom is -0.371 e. The molecule has 0 aromatic heterocycles. The number of carbonyl (C=O) groups is 1. The summed E-state index contributed by atoms with van der Waals surface area (Å²) >= 11 is 0. The van der Waals surface area contributed by atoms with Crippen LogP contribution in [0.3, 0.4) is 0 Å².